The number of hydrogen-bond acceptors (Lipinski definition) is 3. The second-order valence-corrected chi connectivity index (χ2v) is 12.0. The van der Waals surface area contributed by atoms with Crippen LogP contribution in [0.15, 0.2) is 23.3 Å². The van der Waals surface area contributed by atoms with E-state index in [9.17, 15) is 15.3 Å². The van der Waals surface area contributed by atoms with Crippen LogP contribution in [-0.2, 0) is 0 Å². The smallest absolute Gasteiger partial charge is 0.107 e. The summed E-state index contributed by atoms with van der Waals surface area (Å²) in [5, 5.41) is 31.7. The molecule has 30 heavy (non-hydrogen) atoms. The molecule has 4 aliphatic carbocycles. The average Bonchev–Trinajstić information content (AvgIpc) is 3.04. The highest BCUT2D eigenvalue weighted by atomic mass is 16.4. The van der Waals surface area contributed by atoms with Crippen LogP contribution in [0.25, 0.3) is 0 Å². The lowest BCUT2D eigenvalue weighted by molar-refractivity contribution is -0.137. The number of aliphatic hydroxyl groups excluding tert-OH is 3. The largest absolute Gasteiger partial charge is 0.390 e. The molecule has 3 saturated carbocycles. The summed E-state index contributed by atoms with van der Waals surface area (Å²) < 4.78 is 0. The van der Waals surface area contributed by atoms with Gasteiger partial charge >= 0.3 is 0 Å². The zero-order chi connectivity index (χ0) is 21.8. The molecule has 3 heteroatoms. The Balaban J connectivity index is 1.57. The van der Waals surface area contributed by atoms with E-state index in [-0.39, 0.29) is 0 Å². The van der Waals surface area contributed by atoms with Gasteiger partial charge in [0.2, 0.25) is 0 Å². The van der Waals surface area contributed by atoms with Gasteiger partial charge in [0, 0.05) is 5.41 Å². The Bertz CT molecular complexity index is 709. The highest BCUT2D eigenvalue weighted by Gasteiger charge is 2.60. The lowest BCUT2D eigenvalue weighted by atomic mass is 9.49. The molecule has 4 rings (SSSR count). The molecule has 0 aliphatic heterocycles. The molecule has 170 valence electrons. The Labute approximate surface area is 183 Å². The van der Waals surface area contributed by atoms with E-state index >= 15 is 0 Å². The van der Waals surface area contributed by atoms with E-state index in [4.69, 9.17) is 0 Å². The Morgan fingerprint density at radius 3 is 2.40 bits per heavy atom. The van der Waals surface area contributed by atoms with Gasteiger partial charge in [-0.05, 0) is 67.1 Å². The summed E-state index contributed by atoms with van der Waals surface area (Å²) in [5.74, 6) is 3.25. The summed E-state index contributed by atoms with van der Waals surface area (Å²) >= 11 is 0. The van der Waals surface area contributed by atoms with Crippen molar-refractivity contribution in [2.75, 3.05) is 0 Å². The molecular weight excluding hydrogens is 372 g/mol. The molecule has 4 aliphatic rings. The van der Waals surface area contributed by atoms with Crippen LogP contribution in [-0.4, -0.2) is 33.6 Å². The van der Waals surface area contributed by atoms with Gasteiger partial charge in [0.25, 0.3) is 0 Å². The van der Waals surface area contributed by atoms with Crippen molar-refractivity contribution in [1.29, 1.82) is 0 Å². The summed E-state index contributed by atoms with van der Waals surface area (Å²) in [4.78, 5) is 0. The van der Waals surface area contributed by atoms with Gasteiger partial charge in [0.05, 0.1) is 12.2 Å². The first kappa shape index (κ1) is 22.6. The second kappa shape index (κ2) is 8.05. The maximum Gasteiger partial charge on any atom is 0.107 e. The molecule has 3 fully saturated rings. The van der Waals surface area contributed by atoms with Crippen molar-refractivity contribution in [3.05, 3.63) is 23.3 Å². The lowest BCUT2D eigenvalue weighted by Crippen LogP contribution is -2.58. The Hall–Kier alpha value is -0.640. The summed E-state index contributed by atoms with van der Waals surface area (Å²) in [6.07, 6.45) is 11.1. The highest BCUT2D eigenvalue weighted by Crippen LogP contribution is 2.66. The summed E-state index contributed by atoms with van der Waals surface area (Å²) in [6.45, 7) is 11.8. The molecule has 3 N–H and O–H groups in total. The van der Waals surface area contributed by atoms with Crippen molar-refractivity contribution < 1.29 is 15.3 Å². The van der Waals surface area contributed by atoms with Crippen molar-refractivity contribution in [1.82, 2.24) is 0 Å². The Morgan fingerprint density at radius 2 is 1.70 bits per heavy atom. The molecule has 0 saturated heterocycles. The molecule has 0 aromatic heterocycles. The molecule has 0 amide bonds. The topological polar surface area (TPSA) is 60.7 Å². The highest BCUT2D eigenvalue weighted by molar-refractivity contribution is 5.40. The van der Waals surface area contributed by atoms with Crippen LogP contribution in [0.3, 0.4) is 0 Å². The van der Waals surface area contributed by atoms with E-state index in [2.05, 4.69) is 46.8 Å². The summed E-state index contributed by atoms with van der Waals surface area (Å²) in [6, 6.07) is 0. The van der Waals surface area contributed by atoms with Crippen LogP contribution in [0.2, 0.25) is 0 Å². The quantitative estimate of drug-likeness (QED) is 0.573. The van der Waals surface area contributed by atoms with E-state index in [1.165, 1.54) is 44.1 Å². The van der Waals surface area contributed by atoms with Crippen molar-refractivity contribution in [2.45, 2.75) is 104 Å². The van der Waals surface area contributed by atoms with E-state index in [1.807, 2.05) is 0 Å². The molecule has 9 atom stereocenters. The number of hydrogen-bond donors (Lipinski definition) is 3. The van der Waals surface area contributed by atoms with Crippen molar-refractivity contribution in [2.24, 2.45) is 40.4 Å². The molecule has 0 bridgehead atoms. The van der Waals surface area contributed by atoms with Crippen LogP contribution >= 0.6 is 0 Å². The number of rotatable bonds is 5. The lowest BCUT2D eigenvalue weighted by Gasteiger charge is -2.57. The predicted octanol–water partition coefficient (Wildman–Crippen LogP) is 5.25. The van der Waals surface area contributed by atoms with E-state index in [0.29, 0.717) is 23.7 Å². The fraction of sp³-hybridized carbons (Fsp3) is 0.852. The molecule has 3 unspecified atom stereocenters. The van der Waals surface area contributed by atoms with Crippen molar-refractivity contribution in [3.63, 3.8) is 0 Å². The van der Waals surface area contributed by atoms with Gasteiger partial charge < -0.3 is 15.3 Å². The Morgan fingerprint density at radius 1 is 0.967 bits per heavy atom. The number of aliphatic hydroxyl groups is 3. The van der Waals surface area contributed by atoms with E-state index in [0.717, 1.165) is 29.7 Å². The van der Waals surface area contributed by atoms with E-state index in [1.54, 1.807) is 0 Å². The Kier molecular flexibility index (Phi) is 6.05. The summed E-state index contributed by atoms with van der Waals surface area (Å²) in [7, 11) is 0. The zero-order valence-electron chi connectivity index (χ0n) is 19.8. The molecule has 0 aromatic carbocycles. The van der Waals surface area contributed by atoms with E-state index < -0.39 is 23.7 Å². The molecule has 0 spiro atoms. The van der Waals surface area contributed by atoms with Crippen molar-refractivity contribution in [3.8, 4) is 0 Å². The summed E-state index contributed by atoms with van der Waals surface area (Å²) in [5.41, 5.74) is 2.57. The second-order valence-electron chi connectivity index (χ2n) is 12.0. The molecule has 0 aromatic rings. The SMILES string of the molecule is CC(C)CCC[C@@H](C)[C@H]1CC[C@H]2C3=CC=C4CC(O)C(O)C(O)[C@]4(C)[C@H]3CC[C@]12C. The average molecular weight is 417 g/mol. The fourth-order valence-corrected chi connectivity index (χ4v) is 8.09. The van der Waals surface area contributed by atoms with Gasteiger partial charge in [-0.2, -0.15) is 0 Å². The van der Waals surface area contributed by atoms with Crippen LogP contribution in [0.1, 0.15) is 86.0 Å². The van der Waals surface area contributed by atoms with Crippen molar-refractivity contribution >= 4 is 0 Å². The predicted molar refractivity (Wildman–Crippen MR) is 122 cm³/mol. The van der Waals surface area contributed by atoms with Crippen LogP contribution in [0.5, 0.6) is 0 Å². The minimum Gasteiger partial charge on any atom is -0.390 e. The van der Waals surface area contributed by atoms with Crippen LogP contribution in [0, 0.1) is 40.4 Å². The minimum absolute atomic E-state index is 0.294. The van der Waals surface area contributed by atoms with Crippen LogP contribution < -0.4 is 0 Å². The third-order valence-electron chi connectivity index (χ3n) is 9.97. The standard InChI is InChI=1S/C27H44O3/c1-16(2)7-6-8-17(3)20-11-12-21-19-10-9-18-15-23(28)24(29)25(30)27(18,5)22(19)13-14-26(20,21)4/h9-10,16-17,20-25,28-30H,6-8,11-15H2,1-5H3/t17-,20-,21+,22+,23?,24?,25?,26-,27+/m1/s1. The molecular formula is C27H44O3. The van der Waals surface area contributed by atoms with Gasteiger partial charge in [-0.15, -0.1) is 0 Å². The third-order valence-corrected chi connectivity index (χ3v) is 9.97. The van der Waals surface area contributed by atoms with Gasteiger partial charge in [-0.1, -0.05) is 77.2 Å². The molecule has 0 radical (unpaired) electrons. The molecule has 3 nitrogen and oxygen atoms in total. The first-order valence-electron chi connectivity index (χ1n) is 12.6. The third kappa shape index (κ3) is 3.35. The molecule has 0 heterocycles. The maximum absolute atomic E-state index is 11.1. The van der Waals surface area contributed by atoms with Gasteiger partial charge in [0.15, 0.2) is 0 Å². The zero-order valence-corrected chi connectivity index (χ0v) is 19.8. The maximum atomic E-state index is 11.1. The van der Waals surface area contributed by atoms with Gasteiger partial charge in [-0.3, -0.25) is 0 Å². The number of allylic oxidation sites excluding steroid dienone is 3. The monoisotopic (exact) mass is 416 g/mol. The fourth-order valence-electron chi connectivity index (χ4n) is 8.09. The number of fused-ring (bicyclic) bond motifs is 5. The van der Waals surface area contributed by atoms with Crippen LogP contribution in [0.4, 0.5) is 0 Å². The normalized spacial score (nSPS) is 46.6. The first-order valence-corrected chi connectivity index (χ1v) is 12.6. The van der Waals surface area contributed by atoms with Gasteiger partial charge in [0.1, 0.15) is 6.10 Å². The first-order chi connectivity index (χ1) is 14.1. The minimum atomic E-state index is -1.04. The van der Waals surface area contributed by atoms with Gasteiger partial charge in [-0.25, -0.2) is 0 Å².